The standard InChI is InChI=1S/C19H26Cl2N2O4/c20-16-2-1-15(11-17(16)21)27-8-4-19(24)22-12-18(14-3-7-26-13-14)23-5-9-25-10-6-23/h1-2,11,14,18H,3-10,12-13H2,(H,22,24). The number of nitrogens with zero attached hydrogens (tertiary/aromatic N) is 1. The zero-order chi connectivity index (χ0) is 19.1. The molecule has 0 saturated carbocycles. The van der Waals surface area contributed by atoms with Crippen molar-refractivity contribution in [2.24, 2.45) is 5.92 Å². The Morgan fingerprint density at radius 2 is 2.04 bits per heavy atom. The third-order valence-corrected chi connectivity index (χ3v) is 5.76. The predicted molar refractivity (Wildman–Crippen MR) is 105 cm³/mol. The molecule has 1 amide bonds. The van der Waals surface area contributed by atoms with Crippen LogP contribution >= 0.6 is 23.2 Å². The molecule has 0 spiro atoms. The molecule has 2 unspecified atom stereocenters. The average molecular weight is 417 g/mol. The number of ether oxygens (including phenoxy) is 3. The van der Waals surface area contributed by atoms with Crippen LogP contribution in [0.15, 0.2) is 18.2 Å². The average Bonchev–Trinajstić information content (AvgIpc) is 3.20. The van der Waals surface area contributed by atoms with Crippen molar-refractivity contribution in [3.63, 3.8) is 0 Å². The van der Waals surface area contributed by atoms with E-state index in [1.54, 1.807) is 18.2 Å². The van der Waals surface area contributed by atoms with Crippen LogP contribution in [0.2, 0.25) is 10.0 Å². The van der Waals surface area contributed by atoms with Crippen LogP contribution in [0.5, 0.6) is 5.75 Å². The van der Waals surface area contributed by atoms with Gasteiger partial charge < -0.3 is 19.5 Å². The van der Waals surface area contributed by atoms with Gasteiger partial charge >= 0.3 is 0 Å². The van der Waals surface area contributed by atoms with Gasteiger partial charge in [0.15, 0.2) is 0 Å². The number of halogens is 2. The molecule has 1 aromatic rings. The van der Waals surface area contributed by atoms with E-state index in [1.807, 2.05) is 0 Å². The van der Waals surface area contributed by atoms with Crippen molar-refractivity contribution in [3.8, 4) is 5.75 Å². The van der Waals surface area contributed by atoms with E-state index in [4.69, 9.17) is 37.4 Å². The van der Waals surface area contributed by atoms with Crippen LogP contribution in [0.3, 0.4) is 0 Å². The number of carbonyl (C=O) groups excluding carboxylic acids is 1. The van der Waals surface area contributed by atoms with E-state index >= 15 is 0 Å². The van der Waals surface area contributed by atoms with Gasteiger partial charge in [-0.3, -0.25) is 9.69 Å². The third kappa shape index (κ3) is 6.22. The van der Waals surface area contributed by atoms with Gasteiger partial charge in [0.2, 0.25) is 5.91 Å². The summed E-state index contributed by atoms with van der Waals surface area (Å²) in [6, 6.07) is 5.35. The number of hydrogen-bond acceptors (Lipinski definition) is 5. The Bertz CT molecular complexity index is 620. The Morgan fingerprint density at radius 1 is 1.22 bits per heavy atom. The smallest absolute Gasteiger partial charge is 0.223 e. The Hall–Kier alpha value is -1.05. The molecular formula is C19H26Cl2N2O4. The lowest BCUT2D eigenvalue weighted by atomic mass is 9.97. The first-order valence-corrected chi connectivity index (χ1v) is 10.1. The fraction of sp³-hybridized carbons (Fsp3) is 0.632. The minimum atomic E-state index is -0.0211. The first kappa shape index (κ1) is 20.7. The molecule has 2 saturated heterocycles. The molecule has 2 heterocycles. The molecule has 27 heavy (non-hydrogen) atoms. The molecule has 0 aliphatic carbocycles. The van der Waals surface area contributed by atoms with Gasteiger partial charge in [0.05, 0.1) is 42.9 Å². The van der Waals surface area contributed by atoms with Gasteiger partial charge in [-0.1, -0.05) is 23.2 Å². The van der Waals surface area contributed by atoms with Gasteiger partial charge in [-0.15, -0.1) is 0 Å². The highest BCUT2D eigenvalue weighted by atomic mass is 35.5. The van der Waals surface area contributed by atoms with Crippen LogP contribution < -0.4 is 10.1 Å². The predicted octanol–water partition coefficient (Wildman–Crippen LogP) is 2.62. The van der Waals surface area contributed by atoms with Crippen LogP contribution in [-0.2, 0) is 14.3 Å². The zero-order valence-corrected chi connectivity index (χ0v) is 16.8. The first-order valence-electron chi connectivity index (χ1n) is 9.37. The van der Waals surface area contributed by atoms with Crippen LogP contribution in [0, 0.1) is 5.92 Å². The molecular weight excluding hydrogens is 391 g/mol. The molecule has 6 nitrogen and oxygen atoms in total. The van der Waals surface area contributed by atoms with Crippen LogP contribution in [0.25, 0.3) is 0 Å². The summed E-state index contributed by atoms with van der Waals surface area (Å²) in [6.07, 6.45) is 1.33. The van der Waals surface area contributed by atoms with Crippen molar-refractivity contribution in [3.05, 3.63) is 28.2 Å². The van der Waals surface area contributed by atoms with Crippen molar-refractivity contribution >= 4 is 29.1 Å². The minimum Gasteiger partial charge on any atom is -0.493 e. The molecule has 1 N–H and O–H groups in total. The van der Waals surface area contributed by atoms with Gasteiger partial charge in [-0.25, -0.2) is 0 Å². The number of morpholine rings is 1. The van der Waals surface area contributed by atoms with E-state index in [-0.39, 0.29) is 18.4 Å². The van der Waals surface area contributed by atoms with Gasteiger partial charge in [-0.05, 0) is 18.6 Å². The second kappa shape index (κ2) is 10.5. The second-order valence-corrected chi connectivity index (χ2v) is 7.63. The maximum absolute atomic E-state index is 12.2. The van der Waals surface area contributed by atoms with Crippen molar-refractivity contribution in [2.45, 2.75) is 18.9 Å². The van der Waals surface area contributed by atoms with Crippen molar-refractivity contribution < 1.29 is 19.0 Å². The van der Waals surface area contributed by atoms with E-state index in [9.17, 15) is 4.79 Å². The molecule has 3 rings (SSSR count). The maximum atomic E-state index is 12.2. The van der Waals surface area contributed by atoms with Crippen LogP contribution in [0.4, 0.5) is 0 Å². The molecule has 2 aliphatic heterocycles. The van der Waals surface area contributed by atoms with Crippen molar-refractivity contribution in [1.82, 2.24) is 10.2 Å². The highest BCUT2D eigenvalue weighted by Crippen LogP contribution is 2.26. The summed E-state index contributed by atoms with van der Waals surface area (Å²) in [6.45, 7) is 5.77. The molecule has 150 valence electrons. The highest BCUT2D eigenvalue weighted by Gasteiger charge is 2.31. The van der Waals surface area contributed by atoms with E-state index in [1.165, 1.54) is 0 Å². The molecule has 0 aromatic heterocycles. The van der Waals surface area contributed by atoms with Gasteiger partial charge in [0, 0.05) is 44.3 Å². The Kier molecular flexibility index (Phi) is 8.03. The lowest BCUT2D eigenvalue weighted by Crippen LogP contribution is -2.52. The number of rotatable bonds is 8. The van der Waals surface area contributed by atoms with Gasteiger partial charge in [0.1, 0.15) is 5.75 Å². The van der Waals surface area contributed by atoms with Crippen molar-refractivity contribution in [1.29, 1.82) is 0 Å². The second-order valence-electron chi connectivity index (χ2n) is 6.82. The minimum absolute atomic E-state index is 0.0211. The zero-order valence-electron chi connectivity index (χ0n) is 15.3. The fourth-order valence-corrected chi connectivity index (χ4v) is 3.78. The molecule has 2 aliphatic rings. The van der Waals surface area contributed by atoms with Gasteiger partial charge in [-0.2, -0.15) is 0 Å². The SMILES string of the molecule is O=C(CCOc1ccc(Cl)c(Cl)c1)NCC(C1CCOC1)N1CCOCC1. The topological polar surface area (TPSA) is 60.0 Å². The van der Waals surface area contributed by atoms with Crippen LogP contribution in [0.1, 0.15) is 12.8 Å². The number of carbonyl (C=O) groups is 1. The molecule has 2 atom stereocenters. The lowest BCUT2D eigenvalue weighted by molar-refractivity contribution is -0.122. The summed E-state index contributed by atoms with van der Waals surface area (Å²) < 4.78 is 16.6. The third-order valence-electron chi connectivity index (χ3n) is 5.02. The normalized spacial score (nSPS) is 21.8. The Labute approximate surface area is 170 Å². The molecule has 0 radical (unpaired) electrons. The number of nitrogens with one attached hydrogen (secondary N) is 1. The molecule has 1 aromatic carbocycles. The molecule has 8 heteroatoms. The number of amides is 1. The quantitative estimate of drug-likeness (QED) is 0.705. The summed E-state index contributed by atoms with van der Waals surface area (Å²) in [5.41, 5.74) is 0. The summed E-state index contributed by atoms with van der Waals surface area (Å²) in [7, 11) is 0. The molecule has 2 fully saturated rings. The fourth-order valence-electron chi connectivity index (χ4n) is 3.49. The summed E-state index contributed by atoms with van der Waals surface area (Å²) >= 11 is 11.8. The summed E-state index contributed by atoms with van der Waals surface area (Å²) in [5.74, 6) is 1.04. The number of hydrogen-bond donors (Lipinski definition) is 1. The first-order chi connectivity index (χ1) is 13.1. The Morgan fingerprint density at radius 3 is 2.74 bits per heavy atom. The lowest BCUT2D eigenvalue weighted by Gasteiger charge is -2.37. The Balaban J connectivity index is 1.43. The van der Waals surface area contributed by atoms with E-state index in [2.05, 4.69) is 10.2 Å². The van der Waals surface area contributed by atoms with E-state index in [0.29, 0.717) is 34.9 Å². The monoisotopic (exact) mass is 416 g/mol. The molecule has 0 bridgehead atoms. The largest absolute Gasteiger partial charge is 0.493 e. The van der Waals surface area contributed by atoms with Crippen molar-refractivity contribution in [2.75, 3.05) is 52.7 Å². The van der Waals surface area contributed by atoms with E-state index < -0.39 is 0 Å². The van der Waals surface area contributed by atoms with Crippen LogP contribution in [-0.4, -0.2) is 69.5 Å². The number of benzene rings is 1. The highest BCUT2D eigenvalue weighted by molar-refractivity contribution is 6.42. The van der Waals surface area contributed by atoms with E-state index in [0.717, 1.165) is 45.9 Å². The summed E-state index contributed by atoms with van der Waals surface area (Å²) in [4.78, 5) is 14.7. The maximum Gasteiger partial charge on any atom is 0.223 e. The van der Waals surface area contributed by atoms with Gasteiger partial charge in [0.25, 0.3) is 0 Å². The summed E-state index contributed by atoms with van der Waals surface area (Å²) in [5, 5.41) is 3.97.